The van der Waals surface area contributed by atoms with Gasteiger partial charge in [0.1, 0.15) is 10.5 Å². The normalized spacial score (nSPS) is 12.1. The van der Waals surface area contributed by atoms with Gasteiger partial charge < -0.3 is 13.6 Å². The van der Waals surface area contributed by atoms with Crippen LogP contribution in [-0.4, -0.2) is 14.1 Å². The predicted molar refractivity (Wildman–Crippen MR) is 212 cm³/mol. The zero-order valence-electron chi connectivity index (χ0n) is 27.4. The molecule has 0 aliphatic rings. The van der Waals surface area contributed by atoms with E-state index in [2.05, 4.69) is 166 Å². The van der Waals surface area contributed by atoms with Crippen LogP contribution in [0, 0.1) is 0 Å². The molecule has 0 saturated heterocycles. The third-order valence-electron chi connectivity index (χ3n) is 10.4. The summed E-state index contributed by atoms with van der Waals surface area (Å²) in [6.07, 6.45) is 1.53. The van der Waals surface area contributed by atoms with Gasteiger partial charge in [-0.05, 0) is 53.1 Å². The number of rotatable bonds is 5. The standard InChI is InChI=1S/C46H29N3OS/c1-3-12-29(13-4-1)45(30-14-5-2-6-15-30)49-39-20-10-8-17-34(39)36-24-25-42-37(46(36)49)27-43(51-42)48-38-19-9-7-16-33(38)35-23-22-31(26-40(35)48)32-18-11-21-41-44(32)47-28-50-41/h1-28,45H. The summed E-state index contributed by atoms with van der Waals surface area (Å²) in [6.45, 7) is 0. The van der Waals surface area contributed by atoms with E-state index in [1.807, 2.05) is 23.5 Å². The van der Waals surface area contributed by atoms with E-state index < -0.39 is 0 Å². The van der Waals surface area contributed by atoms with Gasteiger partial charge in [-0.3, -0.25) is 0 Å². The average Bonchev–Trinajstić information content (AvgIpc) is 3.98. The SMILES string of the molecule is c1ccc(C(c2ccccc2)n2c3ccccc3c3ccc4sc(-n5c6ccccc6c6ccc(-c7cccc8ocnc78)cc65)cc4c32)cc1. The Balaban J connectivity index is 1.21. The average molecular weight is 672 g/mol. The van der Waals surface area contributed by atoms with Gasteiger partial charge in [0.25, 0.3) is 0 Å². The highest BCUT2D eigenvalue weighted by Gasteiger charge is 2.24. The fourth-order valence-corrected chi connectivity index (χ4v) is 9.32. The van der Waals surface area contributed by atoms with Crippen LogP contribution in [0.5, 0.6) is 0 Å². The summed E-state index contributed by atoms with van der Waals surface area (Å²) >= 11 is 1.85. The Bertz CT molecular complexity index is 3050. The molecule has 0 amide bonds. The lowest BCUT2D eigenvalue weighted by atomic mass is 9.98. The summed E-state index contributed by atoms with van der Waals surface area (Å²) in [5.41, 5.74) is 11.2. The molecule has 11 aromatic rings. The van der Waals surface area contributed by atoms with Crippen molar-refractivity contribution in [1.29, 1.82) is 0 Å². The van der Waals surface area contributed by atoms with E-state index in [-0.39, 0.29) is 6.04 Å². The summed E-state index contributed by atoms with van der Waals surface area (Å²) in [7, 11) is 0. The van der Waals surface area contributed by atoms with Gasteiger partial charge in [0, 0.05) is 42.7 Å². The van der Waals surface area contributed by atoms with Crippen LogP contribution in [0.15, 0.2) is 175 Å². The highest BCUT2D eigenvalue weighted by Crippen LogP contribution is 2.45. The minimum absolute atomic E-state index is 0.00112. The third kappa shape index (κ3) is 4.22. The van der Waals surface area contributed by atoms with Crippen LogP contribution >= 0.6 is 11.3 Å². The second-order valence-electron chi connectivity index (χ2n) is 13.2. The molecule has 0 aliphatic carbocycles. The second kappa shape index (κ2) is 11.0. The predicted octanol–water partition coefficient (Wildman–Crippen LogP) is 12.6. The molecule has 0 aliphatic heterocycles. The van der Waals surface area contributed by atoms with Crippen LogP contribution in [0.2, 0.25) is 0 Å². The molecule has 0 bridgehead atoms. The lowest BCUT2D eigenvalue weighted by Gasteiger charge is -2.23. The van der Waals surface area contributed by atoms with E-state index in [0.29, 0.717) is 0 Å². The third-order valence-corrected chi connectivity index (χ3v) is 11.5. The highest BCUT2D eigenvalue weighted by molar-refractivity contribution is 7.21. The number of hydrogen-bond acceptors (Lipinski definition) is 3. The zero-order valence-corrected chi connectivity index (χ0v) is 28.2. The van der Waals surface area contributed by atoms with Crippen LogP contribution in [0.1, 0.15) is 17.2 Å². The molecular formula is C46H29N3OS. The molecule has 0 saturated carbocycles. The van der Waals surface area contributed by atoms with E-state index in [1.165, 1.54) is 76.2 Å². The van der Waals surface area contributed by atoms with Gasteiger partial charge in [-0.2, -0.15) is 0 Å². The molecule has 0 radical (unpaired) electrons. The van der Waals surface area contributed by atoms with Crippen molar-refractivity contribution in [2.24, 2.45) is 0 Å². The number of oxazole rings is 1. The molecule has 0 atom stereocenters. The maximum atomic E-state index is 5.67. The van der Waals surface area contributed by atoms with Crippen molar-refractivity contribution in [3.8, 4) is 16.1 Å². The topological polar surface area (TPSA) is 35.9 Å². The van der Waals surface area contributed by atoms with E-state index in [9.17, 15) is 0 Å². The van der Waals surface area contributed by atoms with Gasteiger partial charge in [0.05, 0.1) is 22.6 Å². The first-order valence-corrected chi connectivity index (χ1v) is 18.0. The molecule has 11 rings (SSSR count). The molecule has 0 fully saturated rings. The van der Waals surface area contributed by atoms with Crippen molar-refractivity contribution in [3.63, 3.8) is 0 Å². The highest BCUT2D eigenvalue weighted by atomic mass is 32.1. The molecule has 7 aromatic carbocycles. The summed E-state index contributed by atoms with van der Waals surface area (Å²) in [5.74, 6) is 0. The minimum Gasteiger partial charge on any atom is -0.443 e. The fourth-order valence-electron chi connectivity index (χ4n) is 8.23. The van der Waals surface area contributed by atoms with Crippen molar-refractivity contribution < 1.29 is 4.42 Å². The fraction of sp³-hybridized carbons (Fsp3) is 0.0217. The van der Waals surface area contributed by atoms with Crippen LogP contribution in [-0.2, 0) is 0 Å². The van der Waals surface area contributed by atoms with E-state index >= 15 is 0 Å². The van der Waals surface area contributed by atoms with Crippen LogP contribution in [0.4, 0.5) is 0 Å². The van der Waals surface area contributed by atoms with Gasteiger partial charge in [-0.15, -0.1) is 11.3 Å². The molecule has 0 unspecified atom stereocenters. The monoisotopic (exact) mass is 671 g/mol. The van der Waals surface area contributed by atoms with Crippen molar-refractivity contribution in [2.45, 2.75) is 6.04 Å². The summed E-state index contributed by atoms with van der Waals surface area (Å²) in [4.78, 5) is 4.57. The lowest BCUT2D eigenvalue weighted by molar-refractivity contribution is 0.602. The molecule has 4 heterocycles. The number of para-hydroxylation sites is 3. The van der Waals surface area contributed by atoms with Gasteiger partial charge in [0.2, 0.25) is 0 Å². The van der Waals surface area contributed by atoms with Crippen LogP contribution < -0.4 is 0 Å². The van der Waals surface area contributed by atoms with Crippen molar-refractivity contribution in [2.75, 3.05) is 0 Å². The maximum absolute atomic E-state index is 5.67. The van der Waals surface area contributed by atoms with Gasteiger partial charge in [0.15, 0.2) is 12.0 Å². The number of aromatic nitrogens is 3. The van der Waals surface area contributed by atoms with Gasteiger partial charge in [-0.1, -0.05) is 127 Å². The molecule has 51 heavy (non-hydrogen) atoms. The maximum Gasteiger partial charge on any atom is 0.182 e. The number of hydrogen-bond donors (Lipinski definition) is 0. The van der Waals surface area contributed by atoms with Gasteiger partial charge in [-0.25, -0.2) is 4.98 Å². The lowest BCUT2D eigenvalue weighted by Crippen LogP contribution is -2.12. The van der Waals surface area contributed by atoms with Crippen LogP contribution in [0.25, 0.3) is 80.9 Å². The molecule has 4 aromatic heterocycles. The number of thiophene rings is 1. The first-order chi connectivity index (χ1) is 25.3. The summed E-state index contributed by atoms with van der Waals surface area (Å²) in [6, 6.07) is 59.4. The Morgan fingerprint density at radius 3 is 1.98 bits per heavy atom. The molecule has 0 N–H and O–H groups in total. The Morgan fingerprint density at radius 1 is 0.529 bits per heavy atom. The quantitative estimate of drug-likeness (QED) is 0.183. The van der Waals surface area contributed by atoms with Crippen molar-refractivity contribution >= 4 is 76.1 Å². The molecule has 4 nitrogen and oxygen atoms in total. The molecule has 0 spiro atoms. The van der Waals surface area contributed by atoms with Crippen molar-refractivity contribution in [1.82, 2.24) is 14.1 Å². The van der Waals surface area contributed by atoms with E-state index in [1.54, 1.807) is 0 Å². The number of fused-ring (bicyclic) bond motifs is 9. The second-order valence-corrected chi connectivity index (χ2v) is 14.2. The molecule has 240 valence electrons. The smallest absolute Gasteiger partial charge is 0.182 e. The van der Waals surface area contributed by atoms with Crippen LogP contribution in [0.3, 0.4) is 0 Å². The Kier molecular flexibility index (Phi) is 6.15. The van der Waals surface area contributed by atoms with E-state index in [4.69, 9.17) is 4.42 Å². The molecule has 5 heteroatoms. The Morgan fingerprint density at radius 2 is 1.20 bits per heavy atom. The summed E-state index contributed by atoms with van der Waals surface area (Å²) in [5, 5.41) is 7.45. The number of nitrogens with zero attached hydrogens (tertiary/aromatic N) is 3. The number of benzene rings is 7. The largest absolute Gasteiger partial charge is 0.443 e. The Hall–Kier alpha value is -6.43. The first kappa shape index (κ1) is 28.4. The minimum atomic E-state index is -0.00112. The van der Waals surface area contributed by atoms with E-state index in [0.717, 1.165) is 22.2 Å². The first-order valence-electron chi connectivity index (χ1n) is 17.2. The van der Waals surface area contributed by atoms with Crippen molar-refractivity contribution in [3.05, 3.63) is 181 Å². The Labute approximate surface area is 297 Å². The summed E-state index contributed by atoms with van der Waals surface area (Å²) < 4.78 is 12.0. The van der Waals surface area contributed by atoms with Gasteiger partial charge >= 0.3 is 0 Å². The molecular weight excluding hydrogens is 643 g/mol. The zero-order chi connectivity index (χ0) is 33.5.